The second-order valence-electron chi connectivity index (χ2n) is 8.19. The average Bonchev–Trinajstić information content (AvgIpc) is 3.42. The van der Waals surface area contributed by atoms with Crippen molar-refractivity contribution in [3.8, 4) is 0 Å². The first-order chi connectivity index (χ1) is 19.1. The normalized spacial score (nSPS) is 24.0. The Bertz CT molecular complexity index is 1590. The number of carbonyl (C=O) groups is 1. The molecule has 224 valence electrons. The maximum atomic E-state index is 13.0. The number of anilines is 2. The van der Waals surface area contributed by atoms with Gasteiger partial charge in [0.15, 0.2) is 23.8 Å². The highest BCUT2D eigenvalue weighted by Gasteiger charge is 2.49. The second-order valence-corrected chi connectivity index (χ2v) is 14.0. The lowest BCUT2D eigenvalue weighted by Crippen LogP contribution is -2.38. The van der Waals surface area contributed by atoms with Crippen molar-refractivity contribution < 1.29 is 61.2 Å². The van der Waals surface area contributed by atoms with E-state index < -0.39 is 59.5 Å². The molecule has 2 aromatic heterocycles. The molecule has 0 saturated carbocycles. The molecule has 0 spiro atoms. The van der Waals surface area contributed by atoms with E-state index in [1.807, 2.05) is 0 Å². The summed E-state index contributed by atoms with van der Waals surface area (Å²) in [5.74, 6) is -0.887. The molecule has 41 heavy (non-hydrogen) atoms. The number of nitrogens with two attached hydrogens (primary N) is 1. The number of fused-ring (bicyclic) bond motifs is 1. The van der Waals surface area contributed by atoms with Crippen molar-refractivity contribution >= 4 is 62.8 Å². The van der Waals surface area contributed by atoms with Crippen LogP contribution in [0.2, 0.25) is 0 Å². The minimum atomic E-state index is -5.59. The van der Waals surface area contributed by atoms with Crippen LogP contribution < -0.4 is 11.1 Å². The summed E-state index contributed by atoms with van der Waals surface area (Å²) in [4.78, 5) is 62.6. The van der Waals surface area contributed by atoms with Gasteiger partial charge < -0.3 is 45.2 Å². The molecule has 1 aliphatic heterocycles. The molecule has 1 fully saturated rings. The molecule has 0 bridgehead atoms. The van der Waals surface area contributed by atoms with Crippen molar-refractivity contribution in [2.75, 3.05) is 24.7 Å². The van der Waals surface area contributed by atoms with Crippen LogP contribution in [-0.2, 0) is 43.6 Å². The molecule has 1 aromatic carbocycles. The van der Waals surface area contributed by atoms with Gasteiger partial charge in [-0.3, -0.25) is 9.09 Å². The Kier molecular flexibility index (Phi) is 9.28. The number of phosphoric acid groups is 2. The monoisotopic (exact) mass is 656 g/mol. The molecule has 8 N–H and O–H groups in total. The van der Waals surface area contributed by atoms with E-state index in [-0.39, 0.29) is 22.5 Å². The lowest BCUT2D eigenvalue weighted by atomic mass is 10.1. The topological polar surface area (TPSA) is 280 Å². The fourth-order valence-electron chi connectivity index (χ4n) is 3.82. The number of benzene rings is 1. The summed E-state index contributed by atoms with van der Waals surface area (Å²) >= 11 is 4.04. The molecular formula is C18H23N6O13P3S. The third kappa shape index (κ3) is 7.52. The van der Waals surface area contributed by atoms with Crippen LogP contribution in [0.4, 0.5) is 11.5 Å². The van der Waals surface area contributed by atoms with E-state index in [2.05, 4.69) is 40.7 Å². The first-order valence-corrected chi connectivity index (χ1v) is 16.7. The number of ether oxygens (including phenoxy) is 2. The maximum absolute atomic E-state index is 13.0. The van der Waals surface area contributed by atoms with Crippen LogP contribution in [0.25, 0.3) is 11.2 Å². The zero-order chi connectivity index (χ0) is 30.2. The molecule has 3 heterocycles. The molecule has 0 amide bonds. The summed E-state index contributed by atoms with van der Waals surface area (Å²) in [7, 11) is -9.51. The average molecular weight is 656 g/mol. The van der Waals surface area contributed by atoms with Gasteiger partial charge in [0.25, 0.3) is 0 Å². The highest BCUT2D eigenvalue weighted by atomic mass is 32.5. The van der Waals surface area contributed by atoms with Crippen molar-refractivity contribution in [3.63, 3.8) is 0 Å². The fraction of sp³-hybridized carbons (Fsp3) is 0.333. The third-order valence-electron chi connectivity index (χ3n) is 5.45. The lowest BCUT2D eigenvalue weighted by molar-refractivity contribution is -0.0520. The van der Waals surface area contributed by atoms with Crippen molar-refractivity contribution in [3.05, 3.63) is 42.5 Å². The van der Waals surface area contributed by atoms with Crippen LogP contribution >= 0.6 is 22.4 Å². The SMILES string of the molecule is CNc1ccccc1C(=O)O[C@H]1[C@@H](O)[C@H](n2cnc3c(N)ncnc32)O[C@@H]1COP(=O)(O)OP(=O)(O)OP(O)(O)=S. The Hall–Kier alpha value is -2.41. The van der Waals surface area contributed by atoms with Crippen molar-refractivity contribution in [1.82, 2.24) is 19.5 Å². The molecule has 1 saturated heterocycles. The number of hydrogen-bond donors (Lipinski definition) is 7. The van der Waals surface area contributed by atoms with Crippen molar-refractivity contribution in [2.24, 2.45) is 0 Å². The molecular weight excluding hydrogens is 633 g/mol. The minimum Gasteiger partial charge on any atom is -0.453 e. The number of aliphatic hydroxyl groups excluding tert-OH is 1. The maximum Gasteiger partial charge on any atom is 0.488 e. The van der Waals surface area contributed by atoms with Gasteiger partial charge in [0, 0.05) is 12.7 Å². The van der Waals surface area contributed by atoms with Crippen LogP contribution in [0.5, 0.6) is 0 Å². The zero-order valence-electron chi connectivity index (χ0n) is 20.6. The van der Waals surface area contributed by atoms with E-state index >= 15 is 0 Å². The summed E-state index contributed by atoms with van der Waals surface area (Å²) in [6.45, 7) is -5.75. The predicted molar refractivity (Wildman–Crippen MR) is 141 cm³/mol. The third-order valence-corrected chi connectivity index (χ3v) is 9.85. The van der Waals surface area contributed by atoms with Crippen molar-refractivity contribution in [2.45, 2.75) is 24.5 Å². The number of hydrogen-bond acceptors (Lipinski definition) is 15. The van der Waals surface area contributed by atoms with Crippen LogP contribution in [0.3, 0.4) is 0 Å². The largest absolute Gasteiger partial charge is 0.488 e. The van der Waals surface area contributed by atoms with E-state index in [1.54, 1.807) is 25.2 Å². The molecule has 6 atom stereocenters. The lowest BCUT2D eigenvalue weighted by Gasteiger charge is -2.22. The molecule has 0 radical (unpaired) electrons. The number of aliphatic hydroxyl groups is 1. The Labute approximate surface area is 235 Å². The summed E-state index contributed by atoms with van der Waals surface area (Å²) < 4.78 is 49.3. The van der Waals surface area contributed by atoms with E-state index in [1.165, 1.54) is 17.0 Å². The first kappa shape index (κ1) is 31.5. The summed E-state index contributed by atoms with van der Waals surface area (Å²) in [5.41, 5.74) is 6.58. The quantitative estimate of drug-likeness (QED) is 0.109. The Morgan fingerprint density at radius 1 is 1.15 bits per heavy atom. The number of phosphoric ester groups is 1. The summed E-state index contributed by atoms with van der Waals surface area (Å²) in [6.07, 6.45) is -3.72. The number of para-hydroxylation sites is 1. The predicted octanol–water partition coefficient (Wildman–Crippen LogP) is 0.394. The fourth-order valence-corrected chi connectivity index (χ4v) is 7.61. The molecule has 19 nitrogen and oxygen atoms in total. The molecule has 23 heteroatoms. The van der Waals surface area contributed by atoms with Gasteiger partial charge in [0.2, 0.25) is 0 Å². The Morgan fingerprint density at radius 2 is 1.85 bits per heavy atom. The van der Waals surface area contributed by atoms with E-state index in [4.69, 9.17) is 29.5 Å². The van der Waals surface area contributed by atoms with E-state index in [0.29, 0.717) is 5.69 Å². The van der Waals surface area contributed by atoms with Gasteiger partial charge in [-0.05, 0) is 23.9 Å². The minimum absolute atomic E-state index is 0.0260. The summed E-state index contributed by atoms with van der Waals surface area (Å²) in [5, 5.41) is 14.0. The van der Waals surface area contributed by atoms with Gasteiger partial charge in [-0.25, -0.2) is 33.2 Å². The number of nitrogens with zero attached hydrogens (tertiary/aromatic N) is 4. The van der Waals surface area contributed by atoms with Gasteiger partial charge in [-0.2, -0.15) is 4.31 Å². The number of carbonyl (C=O) groups excluding carboxylic acids is 1. The Balaban J connectivity index is 1.60. The Morgan fingerprint density at radius 3 is 2.54 bits per heavy atom. The van der Waals surface area contributed by atoms with Crippen LogP contribution in [0.1, 0.15) is 16.6 Å². The number of imidazole rings is 1. The van der Waals surface area contributed by atoms with Gasteiger partial charge in [-0.1, -0.05) is 12.1 Å². The molecule has 3 aromatic rings. The van der Waals surface area contributed by atoms with Gasteiger partial charge in [0.05, 0.1) is 18.5 Å². The molecule has 0 aliphatic carbocycles. The number of rotatable bonds is 11. The smallest absolute Gasteiger partial charge is 0.453 e. The first-order valence-electron chi connectivity index (χ1n) is 11.1. The number of nitrogen functional groups attached to an aromatic ring is 1. The van der Waals surface area contributed by atoms with Gasteiger partial charge in [-0.15, -0.1) is 0 Å². The van der Waals surface area contributed by atoms with Crippen molar-refractivity contribution in [1.29, 1.82) is 0 Å². The van der Waals surface area contributed by atoms with Gasteiger partial charge in [0.1, 0.15) is 24.1 Å². The van der Waals surface area contributed by atoms with Crippen LogP contribution in [0.15, 0.2) is 36.9 Å². The second kappa shape index (κ2) is 12.1. The van der Waals surface area contributed by atoms with E-state index in [9.17, 15) is 28.8 Å². The zero-order valence-corrected chi connectivity index (χ0v) is 24.1. The highest BCUT2D eigenvalue weighted by molar-refractivity contribution is 8.08. The number of nitrogens with one attached hydrogen (secondary N) is 1. The van der Waals surface area contributed by atoms with Crippen LogP contribution in [0, 0.1) is 0 Å². The molecule has 4 rings (SSSR count). The van der Waals surface area contributed by atoms with Gasteiger partial charge >= 0.3 is 28.3 Å². The number of esters is 1. The standard InChI is InChI=1S/C18H23N6O13P3S/c1-20-10-5-3-2-4-9(10)18(26)35-14-11(6-33-38(27,28)36-39(29,30)37-40(31,32)41)34-17(13(14)25)24-8-23-12-15(19)21-7-22-16(12)24/h2-5,7-8,11,13-14,17,20,25H,6H2,1H3,(H,27,28)(H,29,30)(H2,19,21,22)(H2,31,32,41)/t11-,13-,14-,17-/m1/s1. The van der Waals surface area contributed by atoms with Crippen LogP contribution in [-0.4, -0.2) is 82.1 Å². The summed E-state index contributed by atoms with van der Waals surface area (Å²) in [6, 6.07) is 6.27. The highest BCUT2D eigenvalue weighted by Crippen LogP contribution is 2.66. The van der Waals surface area contributed by atoms with E-state index in [0.717, 1.165) is 6.33 Å². The molecule has 1 aliphatic rings. The number of aromatic nitrogens is 4. The molecule has 2 unspecified atom stereocenters.